The monoisotopic (exact) mass is 432 g/mol. The lowest BCUT2D eigenvalue weighted by Gasteiger charge is -2.22. The van der Waals surface area contributed by atoms with E-state index >= 15 is 0 Å². The van der Waals surface area contributed by atoms with Gasteiger partial charge in [0.15, 0.2) is 0 Å². The molecule has 30 heavy (non-hydrogen) atoms. The van der Waals surface area contributed by atoms with E-state index < -0.39 is 24.1 Å². The first kappa shape index (κ1) is 21.6. The third-order valence-electron chi connectivity index (χ3n) is 4.78. The van der Waals surface area contributed by atoms with E-state index in [0.717, 1.165) is 35.3 Å². The van der Waals surface area contributed by atoms with Gasteiger partial charge in [0.05, 0.1) is 18.8 Å². The fourth-order valence-electron chi connectivity index (χ4n) is 3.34. The molecule has 3 rings (SSSR count). The van der Waals surface area contributed by atoms with Crippen LogP contribution in [0.2, 0.25) is 0 Å². The third kappa shape index (κ3) is 5.28. The summed E-state index contributed by atoms with van der Waals surface area (Å²) < 4.78 is 5.64. The van der Waals surface area contributed by atoms with Gasteiger partial charge in [0, 0.05) is 11.4 Å². The van der Waals surface area contributed by atoms with Gasteiger partial charge < -0.3 is 31.5 Å². The molecular weight excluding hydrogens is 408 g/mol. The van der Waals surface area contributed by atoms with Gasteiger partial charge in [-0.25, -0.2) is 14.4 Å². The van der Waals surface area contributed by atoms with Crippen molar-refractivity contribution in [3.05, 3.63) is 40.8 Å². The van der Waals surface area contributed by atoms with E-state index in [1.807, 2.05) is 6.07 Å². The van der Waals surface area contributed by atoms with Crippen LogP contribution in [0.15, 0.2) is 30.3 Å². The minimum absolute atomic E-state index is 0.113. The molecule has 0 spiro atoms. The second kappa shape index (κ2) is 9.59. The molecule has 1 aromatic carbocycles. The van der Waals surface area contributed by atoms with E-state index in [2.05, 4.69) is 5.32 Å². The minimum atomic E-state index is -0.799. The number of carbonyl (C=O) groups excluding carboxylic acids is 3. The van der Waals surface area contributed by atoms with Crippen molar-refractivity contribution in [1.29, 1.82) is 0 Å². The van der Waals surface area contributed by atoms with Crippen LogP contribution in [-0.2, 0) is 11.3 Å². The van der Waals surface area contributed by atoms with E-state index in [-0.39, 0.29) is 23.7 Å². The molecule has 10 heteroatoms. The molecule has 6 N–H and O–H groups in total. The number of thiophene rings is 1. The molecule has 1 saturated heterocycles. The first-order valence-corrected chi connectivity index (χ1v) is 10.3. The highest BCUT2D eigenvalue weighted by Gasteiger charge is 2.26. The normalized spacial score (nSPS) is 16.6. The summed E-state index contributed by atoms with van der Waals surface area (Å²) >= 11 is 1.15. The van der Waals surface area contributed by atoms with Gasteiger partial charge in [-0.1, -0.05) is 18.2 Å². The van der Waals surface area contributed by atoms with Crippen LogP contribution in [0, 0.1) is 0 Å². The molecule has 1 aliphatic rings. The number of primary amides is 2. The molecule has 2 aromatic rings. The van der Waals surface area contributed by atoms with Crippen molar-refractivity contribution < 1.29 is 24.2 Å². The molecule has 9 nitrogen and oxygen atoms in total. The number of esters is 1. The van der Waals surface area contributed by atoms with Gasteiger partial charge in [-0.05, 0) is 42.5 Å². The topological polar surface area (TPSA) is 148 Å². The zero-order chi connectivity index (χ0) is 21.7. The Morgan fingerprint density at radius 1 is 1.23 bits per heavy atom. The molecular formula is C20H24N4O5S. The number of aliphatic hydroxyl groups is 1. The number of hydrogen-bond donors (Lipinski definition) is 4. The van der Waals surface area contributed by atoms with Crippen molar-refractivity contribution in [3.8, 4) is 10.4 Å². The number of ether oxygens (including phenoxy) is 1. The van der Waals surface area contributed by atoms with Gasteiger partial charge in [0.2, 0.25) is 0 Å². The summed E-state index contributed by atoms with van der Waals surface area (Å²) in [5.41, 5.74) is 12.4. The smallest absolute Gasteiger partial charge is 0.350 e. The predicted molar refractivity (Wildman–Crippen MR) is 113 cm³/mol. The first-order chi connectivity index (χ1) is 14.4. The van der Waals surface area contributed by atoms with Crippen LogP contribution >= 0.6 is 11.3 Å². The zero-order valence-electron chi connectivity index (χ0n) is 16.3. The van der Waals surface area contributed by atoms with Gasteiger partial charge in [0.1, 0.15) is 11.0 Å². The molecule has 1 aromatic heterocycles. The molecule has 1 unspecified atom stereocenters. The number of likely N-dealkylation sites (tertiary alicyclic amines) is 1. The van der Waals surface area contributed by atoms with Gasteiger partial charge in [-0.15, -0.1) is 11.3 Å². The quantitative estimate of drug-likeness (QED) is 0.536. The molecule has 0 bridgehead atoms. The second-order valence-corrected chi connectivity index (χ2v) is 8.06. The number of aliphatic hydroxyl groups excluding tert-OH is 1. The largest absolute Gasteiger partial charge is 0.456 e. The van der Waals surface area contributed by atoms with Crippen LogP contribution in [0.3, 0.4) is 0 Å². The van der Waals surface area contributed by atoms with Crippen LogP contribution in [-0.4, -0.2) is 47.2 Å². The summed E-state index contributed by atoms with van der Waals surface area (Å²) in [6.07, 6.45) is 1.72. The molecule has 2 heterocycles. The Morgan fingerprint density at radius 2 is 2.03 bits per heavy atom. The van der Waals surface area contributed by atoms with Crippen LogP contribution in [0.25, 0.3) is 10.4 Å². The number of nitrogens with one attached hydrogen (secondary N) is 1. The molecule has 1 aliphatic heterocycles. The van der Waals surface area contributed by atoms with E-state index in [4.69, 9.17) is 16.2 Å². The highest BCUT2D eigenvalue weighted by atomic mass is 32.1. The molecule has 0 radical (unpaired) electrons. The summed E-state index contributed by atoms with van der Waals surface area (Å²) in [5.74, 6) is -0.607. The Hall–Kier alpha value is -3.11. The van der Waals surface area contributed by atoms with E-state index in [1.54, 1.807) is 24.3 Å². The Balaban J connectivity index is 1.85. The van der Waals surface area contributed by atoms with Crippen LogP contribution in [0.4, 0.5) is 15.3 Å². The number of nitrogens with two attached hydrogens (primary N) is 2. The number of rotatable bonds is 5. The summed E-state index contributed by atoms with van der Waals surface area (Å²) in [7, 11) is 0. The third-order valence-corrected chi connectivity index (χ3v) is 5.95. The summed E-state index contributed by atoms with van der Waals surface area (Å²) in [5, 5.41) is 11.8. The summed E-state index contributed by atoms with van der Waals surface area (Å²) in [6, 6.07) is 7.51. The second-order valence-electron chi connectivity index (χ2n) is 7.01. The standard InChI is InChI=1S/C20H24N4O5S/c21-19(27)23-15-9-16(13-5-3-4-12(8-13)11-25)30-17(15)18(26)29-14-6-1-2-7-24(10-14)20(22)28/h3-5,8-9,14,25H,1-2,6-7,10-11H2,(H2,22,28)(H3,21,23,27). The fourth-order valence-corrected chi connectivity index (χ4v) is 4.33. The van der Waals surface area contributed by atoms with Gasteiger partial charge >= 0.3 is 18.0 Å². The number of nitrogens with zero attached hydrogens (tertiary/aromatic N) is 1. The van der Waals surface area contributed by atoms with Crippen molar-refractivity contribution in [2.45, 2.75) is 32.0 Å². The number of benzene rings is 1. The van der Waals surface area contributed by atoms with Crippen LogP contribution < -0.4 is 16.8 Å². The molecule has 0 saturated carbocycles. The maximum Gasteiger partial charge on any atom is 0.350 e. The van der Waals surface area contributed by atoms with Gasteiger partial charge in [0.25, 0.3) is 0 Å². The minimum Gasteiger partial charge on any atom is -0.456 e. The van der Waals surface area contributed by atoms with Gasteiger partial charge in [-0.3, -0.25) is 0 Å². The molecule has 1 atom stereocenters. The van der Waals surface area contributed by atoms with Crippen molar-refractivity contribution in [1.82, 2.24) is 4.90 Å². The lowest BCUT2D eigenvalue weighted by Crippen LogP contribution is -2.41. The molecule has 4 amide bonds. The average molecular weight is 433 g/mol. The zero-order valence-corrected chi connectivity index (χ0v) is 17.1. The predicted octanol–water partition coefficient (Wildman–Crippen LogP) is 2.49. The van der Waals surface area contributed by atoms with E-state index in [0.29, 0.717) is 17.8 Å². The van der Waals surface area contributed by atoms with Crippen LogP contribution in [0.1, 0.15) is 34.5 Å². The SMILES string of the molecule is NC(=O)Nc1cc(-c2cccc(CO)c2)sc1C(=O)OC1CCCCN(C(N)=O)C1. The number of urea groups is 2. The number of anilines is 1. The number of hydrogen-bond acceptors (Lipinski definition) is 6. The van der Waals surface area contributed by atoms with Crippen LogP contribution in [0.5, 0.6) is 0 Å². The Morgan fingerprint density at radius 3 is 2.73 bits per heavy atom. The van der Waals surface area contributed by atoms with E-state index in [1.165, 1.54) is 4.90 Å². The number of amides is 4. The Bertz CT molecular complexity index is 945. The molecule has 0 aliphatic carbocycles. The molecule has 160 valence electrons. The maximum absolute atomic E-state index is 12.9. The Labute approximate surface area is 177 Å². The molecule has 1 fully saturated rings. The fraction of sp³-hybridized carbons (Fsp3) is 0.350. The summed E-state index contributed by atoms with van der Waals surface area (Å²) in [6.45, 7) is 0.650. The van der Waals surface area contributed by atoms with Crippen molar-refractivity contribution in [2.75, 3.05) is 18.4 Å². The lowest BCUT2D eigenvalue weighted by molar-refractivity contribution is 0.0247. The lowest BCUT2D eigenvalue weighted by atomic mass is 10.1. The number of carbonyl (C=O) groups is 3. The Kier molecular flexibility index (Phi) is 6.91. The van der Waals surface area contributed by atoms with Crippen molar-refractivity contribution in [3.63, 3.8) is 0 Å². The van der Waals surface area contributed by atoms with E-state index in [9.17, 15) is 19.5 Å². The van der Waals surface area contributed by atoms with Crippen molar-refractivity contribution >= 4 is 35.1 Å². The average Bonchev–Trinajstić information content (AvgIpc) is 2.98. The van der Waals surface area contributed by atoms with Gasteiger partial charge in [-0.2, -0.15) is 0 Å². The first-order valence-electron chi connectivity index (χ1n) is 9.53. The highest BCUT2D eigenvalue weighted by Crippen LogP contribution is 2.36. The van der Waals surface area contributed by atoms with Crippen molar-refractivity contribution in [2.24, 2.45) is 11.5 Å². The summed E-state index contributed by atoms with van der Waals surface area (Å²) in [4.78, 5) is 38.2. The maximum atomic E-state index is 12.9. The highest BCUT2D eigenvalue weighted by molar-refractivity contribution is 7.18.